The molecule has 0 heterocycles. The fourth-order valence-corrected chi connectivity index (χ4v) is 4.01. The predicted octanol–water partition coefficient (Wildman–Crippen LogP) is 5.39. The van der Waals surface area contributed by atoms with E-state index < -0.39 is 0 Å². The van der Waals surface area contributed by atoms with Crippen molar-refractivity contribution in [3.05, 3.63) is 58.7 Å². The normalized spacial score (nSPS) is 13.4. The van der Waals surface area contributed by atoms with E-state index in [4.69, 9.17) is 0 Å². The first-order valence-corrected chi connectivity index (χ1v) is 10.3. The molecule has 124 valence electrons. The van der Waals surface area contributed by atoms with Crippen LogP contribution >= 0.6 is 31.9 Å². The van der Waals surface area contributed by atoms with Gasteiger partial charge >= 0.3 is 0 Å². The summed E-state index contributed by atoms with van der Waals surface area (Å²) < 4.78 is 0. The third-order valence-electron chi connectivity index (χ3n) is 4.60. The molecule has 1 aliphatic carbocycles. The van der Waals surface area contributed by atoms with E-state index in [9.17, 15) is 9.59 Å². The van der Waals surface area contributed by atoms with Gasteiger partial charge in [0.1, 0.15) is 0 Å². The molecule has 0 aromatic heterocycles. The van der Waals surface area contributed by atoms with E-state index in [2.05, 4.69) is 37.9 Å². The first-order chi connectivity index (χ1) is 11.7. The average Bonchev–Trinajstić information content (AvgIpc) is 2.66. The number of carbonyl (C=O) groups is 2. The summed E-state index contributed by atoms with van der Waals surface area (Å²) in [7, 11) is 0. The summed E-state index contributed by atoms with van der Waals surface area (Å²) in [5, 5.41) is 0.702. The Balaban J connectivity index is 2.05. The lowest BCUT2D eigenvalue weighted by Crippen LogP contribution is -2.12. The summed E-state index contributed by atoms with van der Waals surface area (Å²) >= 11 is 6.49. The zero-order chi connectivity index (χ0) is 17.1. The minimum atomic E-state index is 0.0850. The molecule has 0 amide bonds. The van der Waals surface area contributed by atoms with Crippen molar-refractivity contribution in [3.8, 4) is 11.1 Å². The Morgan fingerprint density at radius 1 is 0.792 bits per heavy atom. The largest absolute Gasteiger partial charge is 0.293 e. The van der Waals surface area contributed by atoms with E-state index in [0.29, 0.717) is 10.7 Å². The van der Waals surface area contributed by atoms with Gasteiger partial charge in [-0.2, -0.15) is 0 Å². The average molecular weight is 450 g/mol. The van der Waals surface area contributed by atoms with Gasteiger partial charge in [-0.1, -0.05) is 68.3 Å². The molecule has 0 N–H and O–H groups in total. The zero-order valence-corrected chi connectivity index (χ0v) is 16.5. The Bertz CT molecular complexity index is 779. The van der Waals surface area contributed by atoms with Gasteiger partial charge in [-0.15, -0.1) is 0 Å². The molecule has 4 heteroatoms. The number of carbonyl (C=O) groups excluding carboxylic acids is 2. The number of ketones is 2. The van der Waals surface area contributed by atoms with Crippen LogP contribution in [0.4, 0.5) is 0 Å². The Labute approximate surface area is 158 Å². The van der Waals surface area contributed by atoms with Crippen molar-refractivity contribution in [3.63, 3.8) is 0 Å². The first kappa shape index (κ1) is 17.6. The van der Waals surface area contributed by atoms with Gasteiger partial charge in [-0.25, -0.2) is 0 Å². The molecule has 2 nitrogen and oxygen atoms in total. The van der Waals surface area contributed by atoms with Crippen molar-refractivity contribution >= 4 is 43.4 Å². The third-order valence-corrected chi connectivity index (χ3v) is 5.61. The van der Waals surface area contributed by atoms with E-state index in [1.807, 2.05) is 30.3 Å². The smallest absolute Gasteiger partial charge is 0.173 e. The van der Waals surface area contributed by atoms with Gasteiger partial charge in [0.2, 0.25) is 0 Å². The highest BCUT2D eigenvalue weighted by atomic mass is 79.9. The highest BCUT2D eigenvalue weighted by Gasteiger charge is 2.20. The number of fused-ring (bicyclic) bond motifs is 1. The molecule has 0 atom stereocenters. The standard InChI is InChI=1S/C20H18Br2O2/c21-11-19(23)14-7-5-13(6-8-14)15-9-10-18(20(24)12-22)17-4-2-1-3-16(15)17/h5-10H,1-4,11-12H2. The van der Waals surface area contributed by atoms with Crippen molar-refractivity contribution < 1.29 is 9.59 Å². The van der Waals surface area contributed by atoms with E-state index in [-0.39, 0.29) is 11.6 Å². The quantitative estimate of drug-likeness (QED) is 0.453. The molecule has 2 aromatic carbocycles. The van der Waals surface area contributed by atoms with Crippen LogP contribution in [-0.4, -0.2) is 22.2 Å². The van der Waals surface area contributed by atoms with Crippen LogP contribution in [0.1, 0.15) is 44.7 Å². The van der Waals surface area contributed by atoms with Crippen molar-refractivity contribution in [1.82, 2.24) is 0 Å². The molecule has 0 unspecified atom stereocenters. The predicted molar refractivity (Wildman–Crippen MR) is 105 cm³/mol. The van der Waals surface area contributed by atoms with Crippen LogP contribution in [0.3, 0.4) is 0 Å². The summed E-state index contributed by atoms with van der Waals surface area (Å²) in [4.78, 5) is 24.0. The molecular weight excluding hydrogens is 432 g/mol. The van der Waals surface area contributed by atoms with E-state index >= 15 is 0 Å². The second-order valence-electron chi connectivity index (χ2n) is 6.02. The molecular formula is C20H18Br2O2. The molecule has 0 spiro atoms. The van der Waals surface area contributed by atoms with E-state index in [0.717, 1.165) is 42.4 Å². The Hall–Kier alpha value is -1.26. The second kappa shape index (κ2) is 7.75. The summed E-state index contributed by atoms with van der Waals surface area (Å²) in [5.41, 5.74) is 6.38. The maximum absolute atomic E-state index is 12.2. The van der Waals surface area contributed by atoms with Crippen molar-refractivity contribution in [1.29, 1.82) is 0 Å². The summed E-state index contributed by atoms with van der Waals surface area (Å²) in [5.74, 6) is 0.236. The second-order valence-corrected chi connectivity index (χ2v) is 7.14. The third kappa shape index (κ3) is 3.40. The maximum atomic E-state index is 12.2. The number of halogens is 2. The van der Waals surface area contributed by atoms with Crippen LogP contribution in [0.5, 0.6) is 0 Å². The highest BCUT2D eigenvalue weighted by Crippen LogP contribution is 2.34. The number of benzene rings is 2. The summed E-state index contributed by atoms with van der Waals surface area (Å²) in [6.45, 7) is 0. The molecule has 24 heavy (non-hydrogen) atoms. The summed E-state index contributed by atoms with van der Waals surface area (Å²) in [6.07, 6.45) is 4.28. The highest BCUT2D eigenvalue weighted by molar-refractivity contribution is 9.09. The first-order valence-electron chi connectivity index (χ1n) is 8.09. The number of alkyl halides is 2. The fraction of sp³-hybridized carbons (Fsp3) is 0.300. The van der Waals surface area contributed by atoms with Gasteiger partial charge < -0.3 is 0 Å². The lowest BCUT2D eigenvalue weighted by Gasteiger charge is -2.22. The lowest BCUT2D eigenvalue weighted by atomic mass is 9.82. The fourth-order valence-electron chi connectivity index (χ4n) is 3.38. The molecule has 0 fully saturated rings. The zero-order valence-electron chi connectivity index (χ0n) is 13.3. The van der Waals surface area contributed by atoms with Crippen LogP contribution in [0.2, 0.25) is 0 Å². The minimum Gasteiger partial charge on any atom is -0.293 e. The van der Waals surface area contributed by atoms with Gasteiger partial charge in [0.15, 0.2) is 11.6 Å². The molecule has 0 saturated carbocycles. The number of Topliss-reactive ketones (excluding diaryl/α,β-unsaturated/α-hetero) is 2. The minimum absolute atomic E-state index is 0.0850. The summed E-state index contributed by atoms with van der Waals surface area (Å²) in [6, 6.07) is 11.8. The Morgan fingerprint density at radius 2 is 1.42 bits per heavy atom. The van der Waals surface area contributed by atoms with Crippen LogP contribution in [0, 0.1) is 0 Å². The molecule has 0 radical (unpaired) electrons. The van der Waals surface area contributed by atoms with Gasteiger partial charge in [-0.3, -0.25) is 9.59 Å². The molecule has 0 bridgehead atoms. The van der Waals surface area contributed by atoms with E-state index in [1.165, 1.54) is 16.7 Å². The van der Waals surface area contributed by atoms with Gasteiger partial charge in [0.25, 0.3) is 0 Å². The van der Waals surface area contributed by atoms with Crippen LogP contribution < -0.4 is 0 Å². The Kier molecular flexibility index (Phi) is 5.67. The van der Waals surface area contributed by atoms with Gasteiger partial charge in [-0.05, 0) is 47.9 Å². The molecule has 2 aromatic rings. The number of hydrogen-bond acceptors (Lipinski definition) is 2. The maximum Gasteiger partial charge on any atom is 0.173 e. The molecule has 0 saturated heterocycles. The van der Waals surface area contributed by atoms with Crippen LogP contribution in [0.15, 0.2) is 36.4 Å². The topological polar surface area (TPSA) is 34.1 Å². The van der Waals surface area contributed by atoms with Crippen molar-refractivity contribution in [2.45, 2.75) is 25.7 Å². The molecule has 3 rings (SSSR count). The van der Waals surface area contributed by atoms with Crippen molar-refractivity contribution in [2.24, 2.45) is 0 Å². The molecule has 0 aliphatic heterocycles. The monoisotopic (exact) mass is 448 g/mol. The molecule has 1 aliphatic rings. The SMILES string of the molecule is O=C(CBr)c1ccc(-c2ccc(C(=O)CBr)c3c2CCCC3)cc1. The van der Waals surface area contributed by atoms with Crippen LogP contribution in [0.25, 0.3) is 11.1 Å². The van der Waals surface area contributed by atoms with Crippen LogP contribution in [-0.2, 0) is 12.8 Å². The lowest BCUT2D eigenvalue weighted by molar-refractivity contribution is 0.101. The Morgan fingerprint density at radius 3 is 2.04 bits per heavy atom. The van der Waals surface area contributed by atoms with Gasteiger partial charge in [0, 0.05) is 11.1 Å². The van der Waals surface area contributed by atoms with Gasteiger partial charge in [0.05, 0.1) is 10.7 Å². The number of rotatable bonds is 5. The van der Waals surface area contributed by atoms with E-state index in [1.54, 1.807) is 0 Å². The number of hydrogen-bond donors (Lipinski definition) is 0. The van der Waals surface area contributed by atoms with Crippen molar-refractivity contribution in [2.75, 3.05) is 10.7 Å².